The van der Waals surface area contributed by atoms with E-state index in [1.165, 1.54) is 12.8 Å². The van der Waals surface area contributed by atoms with Crippen LogP contribution in [0.5, 0.6) is 0 Å². The van der Waals surface area contributed by atoms with Crippen molar-refractivity contribution in [3.8, 4) is 0 Å². The van der Waals surface area contributed by atoms with Gasteiger partial charge in [0.25, 0.3) is 0 Å². The van der Waals surface area contributed by atoms with Crippen LogP contribution in [0, 0.1) is 12.8 Å². The molecular weight excluding hydrogens is 232 g/mol. The first-order valence-electron chi connectivity index (χ1n) is 6.36. The van der Waals surface area contributed by atoms with Gasteiger partial charge < -0.3 is 5.73 Å². The summed E-state index contributed by atoms with van der Waals surface area (Å²) in [6, 6.07) is 0.0599. The zero-order valence-corrected chi connectivity index (χ0v) is 11.1. The van der Waals surface area contributed by atoms with Crippen LogP contribution in [-0.4, -0.2) is 16.8 Å². The molecular formula is C13H20N2OS. The van der Waals surface area contributed by atoms with Crippen LogP contribution in [-0.2, 0) is 11.2 Å². The summed E-state index contributed by atoms with van der Waals surface area (Å²) in [6.45, 7) is 1.97. The Morgan fingerprint density at radius 3 is 2.94 bits per heavy atom. The Labute approximate surface area is 106 Å². The number of nitrogens with zero attached hydrogens (tertiary/aromatic N) is 1. The van der Waals surface area contributed by atoms with Crippen LogP contribution in [0.4, 0.5) is 0 Å². The number of Topliss-reactive ketones (excluding diaryl/α,β-unsaturated/α-hetero) is 1. The number of hydrogen-bond donors (Lipinski definition) is 1. The molecule has 17 heavy (non-hydrogen) atoms. The van der Waals surface area contributed by atoms with Crippen molar-refractivity contribution in [1.29, 1.82) is 0 Å². The minimum atomic E-state index is 0.0551. The fourth-order valence-electron chi connectivity index (χ4n) is 2.54. The highest BCUT2D eigenvalue weighted by Gasteiger charge is 2.27. The predicted molar refractivity (Wildman–Crippen MR) is 70.1 cm³/mol. The van der Waals surface area contributed by atoms with Crippen LogP contribution >= 0.6 is 11.3 Å². The molecule has 1 aliphatic carbocycles. The van der Waals surface area contributed by atoms with E-state index < -0.39 is 0 Å². The van der Waals surface area contributed by atoms with Crippen LogP contribution in [0.2, 0.25) is 0 Å². The Morgan fingerprint density at radius 1 is 1.47 bits per heavy atom. The maximum Gasteiger partial charge on any atom is 0.143 e. The Hall–Kier alpha value is -0.740. The number of ketones is 1. The van der Waals surface area contributed by atoms with Crippen molar-refractivity contribution in [2.45, 2.75) is 51.5 Å². The van der Waals surface area contributed by atoms with Gasteiger partial charge in [-0.25, -0.2) is 4.98 Å². The Bertz CT molecular complexity index is 389. The van der Waals surface area contributed by atoms with Gasteiger partial charge in [0, 0.05) is 23.8 Å². The third-order valence-electron chi connectivity index (χ3n) is 3.50. The lowest BCUT2D eigenvalue weighted by atomic mass is 9.89. The number of carbonyl (C=O) groups is 1. The number of aryl methyl sites for hydroxylation is 1. The molecule has 3 nitrogen and oxygen atoms in total. The molecule has 1 saturated carbocycles. The third-order valence-corrected chi connectivity index (χ3v) is 4.33. The number of nitrogens with two attached hydrogens (primary N) is 1. The molecule has 4 heteroatoms. The topological polar surface area (TPSA) is 56.0 Å². The highest BCUT2D eigenvalue weighted by molar-refractivity contribution is 7.09. The van der Waals surface area contributed by atoms with Gasteiger partial charge in [-0.15, -0.1) is 11.3 Å². The van der Waals surface area contributed by atoms with Crippen molar-refractivity contribution in [3.05, 3.63) is 16.1 Å². The number of hydrogen-bond acceptors (Lipinski definition) is 4. The molecule has 0 bridgehead atoms. The highest BCUT2D eigenvalue weighted by Crippen LogP contribution is 2.24. The molecule has 1 aromatic rings. The van der Waals surface area contributed by atoms with E-state index >= 15 is 0 Å². The fourth-order valence-corrected chi connectivity index (χ4v) is 3.15. The van der Waals surface area contributed by atoms with Gasteiger partial charge in [-0.3, -0.25) is 4.79 Å². The summed E-state index contributed by atoms with van der Waals surface area (Å²) < 4.78 is 0. The molecule has 0 aliphatic heterocycles. The van der Waals surface area contributed by atoms with Crippen molar-refractivity contribution in [2.24, 2.45) is 11.7 Å². The maximum atomic E-state index is 12.2. The molecule has 1 aliphatic rings. The van der Waals surface area contributed by atoms with Crippen LogP contribution in [0.25, 0.3) is 0 Å². The van der Waals surface area contributed by atoms with Crippen molar-refractivity contribution in [1.82, 2.24) is 4.98 Å². The quantitative estimate of drug-likeness (QED) is 0.841. The van der Waals surface area contributed by atoms with Crippen LogP contribution in [0.1, 0.15) is 42.8 Å². The Balaban J connectivity index is 1.98. The van der Waals surface area contributed by atoms with E-state index in [9.17, 15) is 4.79 Å². The summed E-state index contributed by atoms with van der Waals surface area (Å²) in [5, 5.41) is 3.01. The fraction of sp³-hybridized carbons (Fsp3) is 0.692. The molecule has 0 saturated heterocycles. The van der Waals surface area contributed by atoms with Crippen molar-refractivity contribution in [3.63, 3.8) is 0 Å². The first kappa shape index (κ1) is 12.7. The van der Waals surface area contributed by atoms with Gasteiger partial charge >= 0.3 is 0 Å². The average Bonchev–Trinajstić information content (AvgIpc) is 2.57. The molecule has 0 amide bonds. The van der Waals surface area contributed by atoms with E-state index in [-0.39, 0.29) is 17.7 Å². The smallest absolute Gasteiger partial charge is 0.143 e. The number of rotatable bonds is 3. The van der Waals surface area contributed by atoms with E-state index in [1.54, 1.807) is 11.3 Å². The molecule has 2 atom stereocenters. The van der Waals surface area contributed by atoms with Crippen LogP contribution in [0.15, 0.2) is 5.38 Å². The molecule has 0 aromatic carbocycles. The first-order valence-corrected chi connectivity index (χ1v) is 7.24. The SMILES string of the molecule is Cc1nc(CC(=O)C2CCCCCC2N)cs1. The zero-order valence-electron chi connectivity index (χ0n) is 10.3. The second kappa shape index (κ2) is 5.74. The molecule has 0 spiro atoms. The molecule has 1 heterocycles. The van der Waals surface area contributed by atoms with Crippen LogP contribution in [0.3, 0.4) is 0 Å². The molecule has 1 fully saturated rings. The van der Waals surface area contributed by atoms with Crippen molar-refractivity contribution in [2.75, 3.05) is 0 Å². The summed E-state index contributed by atoms with van der Waals surface area (Å²) in [5.41, 5.74) is 7.01. The predicted octanol–water partition coefficient (Wildman–Crippen LogP) is 2.47. The molecule has 94 valence electrons. The van der Waals surface area contributed by atoms with Gasteiger partial charge in [0.05, 0.1) is 10.7 Å². The second-order valence-corrected chi connectivity index (χ2v) is 5.97. The second-order valence-electron chi connectivity index (χ2n) is 4.91. The van der Waals surface area contributed by atoms with Gasteiger partial charge in [0.15, 0.2) is 0 Å². The van der Waals surface area contributed by atoms with E-state index in [4.69, 9.17) is 5.73 Å². The average molecular weight is 252 g/mol. The normalized spacial score (nSPS) is 25.5. The lowest BCUT2D eigenvalue weighted by molar-refractivity contribution is -0.123. The molecule has 2 rings (SSSR count). The molecule has 2 N–H and O–H groups in total. The van der Waals surface area contributed by atoms with Crippen molar-refractivity contribution >= 4 is 17.1 Å². The first-order chi connectivity index (χ1) is 8.16. The lowest BCUT2D eigenvalue weighted by Crippen LogP contribution is -2.35. The molecule has 0 radical (unpaired) electrons. The number of carbonyl (C=O) groups excluding carboxylic acids is 1. The third kappa shape index (κ3) is 3.36. The lowest BCUT2D eigenvalue weighted by Gasteiger charge is -2.19. The number of thiazole rings is 1. The van der Waals surface area contributed by atoms with E-state index in [0.717, 1.165) is 30.0 Å². The zero-order chi connectivity index (χ0) is 12.3. The minimum Gasteiger partial charge on any atom is -0.327 e. The summed E-state index contributed by atoms with van der Waals surface area (Å²) in [4.78, 5) is 16.6. The van der Waals surface area contributed by atoms with Gasteiger partial charge in [-0.2, -0.15) is 0 Å². The number of aromatic nitrogens is 1. The van der Waals surface area contributed by atoms with Crippen molar-refractivity contribution < 1.29 is 4.79 Å². The van der Waals surface area contributed by atoms with Gasteiger partial charge in [-0.05, 0) is 19.8 Å². The minimum absolute atomic E-state index is 0.0551. The van der Waals surface area contributed by atoms with E-state index in [2.05, 4.69) is 4.98 Å². The maximum absolute atomic E-state index is 12.2. The Morgan fingerprint density at radius 2 is 2.24 bits per heavy atom. The van der Waals surface area contributed by atoms with E-state index in [1.807, 2.05) is 12.3 Å². The largest absolute Gasteiger partial charge is 0.327 e. The van der Waals surface area contributed by atoms with Crippen LogP contribution < -0.4 is 5.73 Å². The van der Waals surface area contributed by atoms with E-state index in [0.29, 0.717) is 6.42 Å². The van der Waals surface area contributed by atoms with Gasteiger partial charge in [0.1, 0.15) is 5.78 Å². The molecule has 2 unspecified atom stereocenters. The highest BCUT2D eigenvalue weighted by atomic mass is 32.1. The summed E-state index contributed by atoms with van der Waals surface area (Å²) in [6.07, 6.45) is 5.94. The summed E-state index contributed by atoms with van der Waals surface area (Å²) >= 11 is 1.60. The monoisotopic (exact) mass is 252 g/mol. The summed E-state index contributed by atoms with van der Waals surface area (Å²) in [5.74, 6) is 0.337. The van der Waals surface area contributed by atoms with Gasteiger partial charge in [-0.1, -0.05) is 19.3 Å². The standard InChI is InChI=1S/C13H20N2OS/c1-9-15-10(8-17-9)7-13(16)11-5-3-2-4-6-12(11)14/h8,11-12H,2-7,14H2,1H3. The van der Waals surface area contributed by atoms with Gasteiger partial charge in [0.2, 0.25) is 0 Å². The molecule has 1 aromatic heterocycles. The summed E-state index contributed by atoms with van der Waals surface area (Å²) in [7, 11) is 0. The Kier molecular flexibility index (Phi) is 4.29.